The van der Waals surface area contributed by atoms with Crippen LogP contribution in [-0.4, -0.2) is 37.8 Å². The molecule has 1 heterocycles. The molecule has 2 rings (SSSR count). The van der Waals surface area contributed by atoms with Gasteiger partial charge in [0.05, 0.1) is 10.9 Å². The Balaban J connectivity index is 1.94. The predicted molar refractivity (Wildman–Crippen MR) is 98.3 cm³/mol. The molecule has 1 amide bonds. The van der Waals surface area contributed by atoms with Crippen LogP contribution in [0, 0.1) is 5.92 Å². The van der Waals surface area contributed by atoms with Gasteiger partial charge in [-0.25, -0.2) is 8.42 Å². The van der Waals surface area contributed by atoms with Crippen molar-refractivity contribution in [1.29, 1.82) is 0 Å². The second-order valence-corrected chi connectivity index (χ2v) is 9.00. The maximum atomic E-state index is 12.6. The van der Waals surface area contributed by atoms with Crippen LogP contribution in [0.25, 0.3) is 0 Å². The summed E-state index contributed by atoms with van der Waals surface area (Å²) in [5.41, 5.74) is 6.70. The summed E-state index contributed by atoms with van der Waals surface area (Å²) in [4.78, 5) is 12.3. The highest BCUT2D eigenvalue weighted by Crippen LogP contribution is 2.20. The Labute approximate surface area is 150 Å². The van der Waals surface area contributed by atoms with Gasteiger partial charge < -0.3 is 11.1 Å². The molecule has 0 saturated carbocycles. The minimum Gasteiger partial charge on any atom is -0.351 e. The molecule has 6 nitrogen and oxygen atoms in total. The molecule has 1 aromatic rings. The number of carbonyl (C=O) groups is 1. The standard InChI is InChI=1S/C18H29N3O3S/c1-14(2)12-17(19)18(22)20-13-15-6-8-16(9-7-15)25(23,24)21-10-4-3-5-11-21/h6-9,14,17H,3-5,10-13,19H2,1-2H3,(H,20,22)/t17-/m0/s1. The number of benzene rings is 1. The van der Waals surface area contributed by atoms with Gasteiger partial charge in [-0.3, -0.25) is 4.79 Å². The Hall–Kier alpha value is -1.44. The van der Waals surface area contributed by atoms with Gasteiger partial charge in [-0.2, -0.15) is 4.31 Å². The third kappa shape index (κ3) is 5.52. The molecular formula is C18H29N3O3S. The molecule has 140 valence electrons. The molecule has 0 spiro atoms. The van der Waals surface area contributed by atoms with Crippen LogP contribution in [0.4, 0.5) is 0 Å². The average molecular weight is 368 g/mol. The van der Waals surface area contributed by atoms with Gasteiger partial charge in [-0.15, -0.1) is 0 Å². The van der Waals surface area contributed by atoms with Gasteiger partial charge >= 0.3 is 0 Å². The second kappa shape index (κ2) is 8.78. The lowest BCUT2D eigenvalue weighted by atomic mass is 10.0. The first-order chi connectivity index (χ1) is 11.8. The zero-order valence-corrected chi connectivity index (χ0v) is 15.9. The fourth-order valence-electron chi connectivity index (χ4n) is 2.97. The highest BCUT2D eigenvalue weighted by molar-refractivity contribution is 7.89. The lowest BCUT2D eigenvalue weighted by molar-refractivity contribution is -0.122. The summed E-state index contributed by atoms with van der Waals surface area (Å²) in [6, 6.07) is 6.19. The summed E-state index contributed by atoms with van der Waals surface area (Å²) < 4.78 is 26.7. The van der Waals surface area contributed by atoms with Gasteiger partial charge in [0.25, 0.3) is 0 Å². The van der Waals surface area contributed by atoms with Crippen LogP contribution in [-0.2, 0) is 21.4 Å². The summed E-state index contributed by atoms with van der Waals surface area (Å²) in [6.45, 7) is 5.57. The van der Waals surface area contributed by atoms with Crippen LogP contribution in [0.1, 0.15) is 45.1 Å². The lowest BCUT2D eigenvalue weighted by Crippen LogP contribution is -2.41. The number of sulfonamides is 1. The summed E-state index contributed by atoms with van der Waals surface area (Å²) in [5, 5.41) is 2.80. The molecule has 1 aromatic carbocycles. The molecule has 1 fully saturated rings. The van der Waals surface area contributed by atoms with Crippen LogP contribution < -0.4 is 11.1 Å². The van der Waals surface area contributed by atoms with Crippen molar-refractivity contribution >= 4 is 15.9 Å². The Kier molecular flexibility index (Phi) is 6.98. The van der Waals surface area contributed by atoms with Crippen LogP contribution in [0.5, 0.6) is 0 Å². The third-order valence-electron chi connectivity index (χ3n) is 4.41. The van der Waals surface area contributed by atoms with E-state index < -0.39 is 16.1 Å². The normalized spacial score (nSPS) is 17.4. The monoisotopic (exact) mass is 367 g/mol. The molecule has 0 unspecified atom stereocenters. The maximum absolute atomic E-state index is 12.6. The number of nitrogens with one attached hydrogen (secondary N) is 1. The molecule has 7 heteroatoms. The van der Waals surface area contributed by atoms with E-state index in [1.807, 2.05) is 13.8 Å². The van der Waals surface area contributed by atoms with Crippen molar-refractivity contribution in [3.8, 4) is 0 Å². The Morgan fingerprint density at radius 2 is 1.76 bits per heavy atom. The van der Waals surface area contributed by atoms with E-state index in [1.54, 1.807) is 28.6 Å². The van der Waals surface area contributed by atoms with E-state index in [-0.39, 0.29) is 5.91 Å². The molecule has 0 aromatic heterocycles. The first-order valence-corrected chi connectivity index (χ1v) is 10.4. The fraction of sp³-hybridized carbons (Fsp3) is 0.611. The third-order valence-corrected chi connectivity index (χ3v) is 6.32. The number of piperidine rings is 1. The number of nitrogens with two attached hydrogens (primary N) is 1. The number of amides is 1. The van der Waals surface area contributed by atoms with Crippen molar-refractivity contribution in [3.05, 3.63) is 29.8 Å². The molecule has 0 aliphatic carbocycles. The van der Waals surface area contributed by atoms with Crippen molar-refractivity contribution in [2.75, 3.05) is 13.1 Å². The smallest absolute Gasteiger partial charge is 0.243 e. The number of hydrogen-bond donors (Lipinski definition) is 2. The van der Waals surface area contributed by atoms with E-state index in [4.69, 9.17) is 5.73 Å². The Bertz CT molecular complexity index is 665. The molecule has 1 saturated heterocycles. The first kappa shape index (κ1) is 19.9. The highest BCUT2D eigenvalue weighted by atomic mass is 32.2. The van der Waals surface area contributed by atoms with Crippen molar-refractivity contribution in [1.82, 2.24) is 9.62 Å². The van der Waals surface area contributed by atoms with E-state index >= 15 is 0 Å². The number of rotatable bonds is 7. The van der Waals surface area contributed by atoms with E-state index in [1.165, 1.54) is 0 Å². The molecule has 0 bridgehead atoms. The molecule has 1 atom stereocenters. The molecule has 0 radical (unpaired) electrons. The lowest BCUT2D eigenvalue weighted by Gasteiger charge is -2.25. The molecule has 1 aliphatic rings. The largest absolute Gasteiger partial charge is 0.351 e. The fourth-order valence-corrected chi connectivity index (χ4v) is 4.49. The van der Waals surface area contributed by atoms with Gasteiger partial charge in [-0.1, -0.05) is 32.4 Å². The van der Waals surface area contributed by atoms with Crippen molar-refractivity contribution in [3.63, 3.8) is 0 Å². The van der Waals surface area contributed by atoms with E-state index in [0.717, 1.165) is 24.8 Å². The Morgan fingerprint density at radius 1 is 1.16 bits per heavy atom. The topological polar surface area (TPSA) is 92.5 Å². The minimum atomic E-state index is -3.41. The second-order valence-electron chi connectivity index (χ2n) is 7.06. The summed E-state index contributed by atoms with van der Waals surface area (Å²) in [6.07, 6.45) is 3.56. The minimum absolute atomic E-state index is 0.182. The summed E-state index contributed by atoms with van der Waals surface area (Å²) in [7, 11) is -3.41. The number of hydrogen-bond acceptors (Lipinski definition) is 4. The van der Waals surface area contributed by atoms with Gasteiger partial charge in [0.1, 0.15) is 0 Å². The van der Waals surface area contributed by atoms with Crippen LogP contribution >= 0.6 is 0 Å². The first-order valence-electron chi connectivity index (χ1n) is 8.93. The van der Waals surface area contributed by atoms with Crippen LogP contribution in [0.2, 0.25) is 0 Å². The Morgan fingerprint density at radius 3 is 2.32 bits per heavy atom. The maximum Gasteiger partial charge on any atom is 0.243 e. The number of carbonyl (C=O) groups excluding carboxylic acids is 1. The summed E-state index contributed by atoms with van der Waals surface area (Å²) >= 11 is 0. The van der Waals surface area contributed by atoms with Gasteiger partial charge in [0.15, 0.2) is 0 Å². The number of nitrogens with zero attached hydrogens (tertiary/aromatic N) is 1. The van der Waals surface area contributed by atoms with E-state index in [9.17, 15) is 13.2 Å². The predicted octanol–water partition coefficient (Wildman–Crippen LogP) is 1.85. The molecular weight excluding hydrogens is 338 g/mol. The molecule has 25 heavy (non-hydrogen) atoms. The van der Waals surface area contributed by atoms with E-state index in [0.29, 0.717) is 36.9 Å². The van der Waals surface area contributed by atoms with Crippen molar-refractivity contribution < 1.29 is 13.2 Å². The van der Waals surface area contributed by atoms with Gasteiger partial charge in [0.2, 0.25) is 15.9 Å². The van der Waals surface area contributed by atoms with Gasteiger partial charge in [0, 0.05) is 19.6 Å². The molecule has 1 aliphatic heterocycles. The van der Waals surface area contributed by atoms with Crippen molar-refractivity contribution in [2.45, 2.75) is 57.0 Å². The highest BCUT2D eigenvalue weighted by Gasteiger charge is 2.25. The van der Waals surface area contributed by atoms with Gasteiger partial charge in [-0.05, 0) is 42.9 Å². The molecule has 3 N–H and O–H groups in total. The zero-order chi connectivity index (χ0) is 18.4. The van der Waals surface area contributed by atoms with Crippen LogP contribution in [0.3, 0.4) is 0 Å². The zero-order valence-electron chi connectivity index (χ0n) is 15.1. The van der Waals surface area contributed by atoms with Crippen LogP contribution in [0.15, 0.2) is 29.2 Å². The summed E-state index contributed by atoms with van der Waals surface area (Å²) in [5.74, 6) is 0.179. The SMILES string of the molecule is CC(C)C[C@H](N)C(=O)NCc1ccc(S(=O)(=O)N2CCCCC2)cc1. The van der Waals surface area contributed by atoms with E-state index in [2.05, 4.69) is 5.32 Å². The van der Waals surface area contributed by atoms with Crippen molar-refractivity contribution in [2.24, 2.45) is 11.7 Å². The average Bonchev–Trinajstić information content (AvgIpc) is 2.60. The quantitative estimate of drug-likeness (QED) is 0.769.